The summed E-state index contributed by atoms with van der Waals surface area (Å²) in [5, 5.41) is 6.42. The largest absolute Gasteiger partial charge is 0.354 e. The van der Waals surface area contributed by atoms with Crippen LogP contribution in [0, 0.1) is 5.92 Å². The molecule has 2 heterocycles. The van der Waals surface area contributed by atoms with Crippen LogP contribution in [0.25, 0.3) is 0 Å². The maximum atomic E-state index is 12.0. The van der Waals surface area contributed by atoms with Crippen LogP contribution in [0.1, 0.15) is 19.3 Å². The second-order valence-electron chi connectivity index (χ2n) is 5.71. The topological polar surface area (TPSA) is 44.4 Å². The van der Waals surface area contributed by atoms with Crippen molar-refractivity contribution in [1.29, 1.82) is 0 Å². The molecule has 0 bridgehead atoms. The molecule has 0 aromatic carbocycles. The van der Waals surface area contributed by atoms with E-state index in [-0.39, 0.29) is 11.9 Å². The zero-order valence-corrected chi connectivity index (χ0v) is 11.7. The molecule has 18 heavy (non-hydrogen) atoms. The fourth-order valence-electron chi connectivity index (χ4n) is 2.90. The Balaban J connectivity index is 1.37. The summed E-state index contributed by atoms with van der Waals surface area (Å²) < 4.78 is 0. The molecular weight excluding hydrogens is 246 g/mol. The first-order chi connectivity index (χ1) is 8.83. The van der Waals surface area contributed by atoms with Gasteiger partial charge in [-0.15, -0.1) is 0 Å². The van der Waals surface area contributed by atoms with Gasteiger partial charge in [-0.1, -0.05) is 0 Å². The van der Waals surface area contributed by atoms with Gasteiger partial charge in [0.2, 0.25) is 5.91 Å². The highest BCUT2D eigenvalue weighted by Crippen LogP contribution is 2.31. The summed E-state index contributed by atoms with van der Waals surface area (Å²) in [6, 6.07) is 0.909. The molecule has 3 rings (SSSR count). The lowest BCUT2D eigenvalue weighted by molar-refractivity contribution is -0.122. The Hall–Kier alpha value is -0.260. The van der Waals surface area contributed by atoms with Crippen LogP contribution in [0.2, 0.25) is 0 Å². The van der Waals surface area contributed by atoms with Crippen LogP contribution in [-0.4, -0.2) is 60.6 Å². The van der Waals surface area contributed by atoms with Crippen LogP contribution in [0.4, 0.5) is 0 Å². The number of rotatable bonds is 4. The van der Waals surface area contributed by atoms with E-state index in [2.05, 4.69) is 15.5 Å². The minimum absolute atomic E-state index is 0.0321. The van der Waals surface area contributed by atoms with Crippen molar-refractivity contribution < 1.29 is 4.79 Å². The summed E-state index contributed by atoms with van der Waals surface area (Å²) in [6.45, 7) is 4.26. The quantitative estimate of drug-likeness (QED) is 0.770. The predicted octanol–water partition coefficient (Wildman–Crippen LogP) is 0.292. The lowest BCUT2D eigenvalue weighted by atomic mass is 10.1. The van der Waals surface area contributed by atoms with E-state index in [9.17, 15) is 4.79 Å². The van der Waals surface area contributed by atoms with Crippen LogP contribution < -0.4 is 10.6 Å². The van der Waals surface area contributed by atoms with Crippen molar-refractivity contribution in [1.82, 2.24) is 15.5 Å². The van der Waals surface area contributed by atoms with Gasteiger partial charge in [-0.05, 0) is 31.7 Å². The van der Waals surface area contributed by atoms with E-state index >= 15 is 0 Å². The molecule has 4 nitrogen and oxygen atoms in total. The number of thioether (sulfide) groups is 1. The molecule has 0 radical (unpaired) electrons. The highest BCUT2D eigenvalue weighted by atomic mass is 32.2. The van der Waals surface area contributed by atoms with Gasteiger partial charge in [0.25, 0.3) is 0 Å². The monoisotopic (exact) mass is 269 g/mol. The van der Waals surface area contributed by atoms with Crippen LogP contribution in [0.5, 0.6) is 0 Å². The number of likely N-dealkylation sites (tertiary alicyclic amines) is 1. The normalized spacial score (nSPS) is 33.6. The number of nitrogens with zero attached hydrogens (tertiary/aromatic N) is 1. The van der Waals surface area contributed by atoms with E-state index in [0.717, 1.165) is 30.6 Å². The SMILES string of the molecule is O=C(NCC1CCN(C2CC2)C1)C1CSCCN1. The van der Waals surface area contributed by atoms with E-state index in [4.69, 9.17) is 0 Å². The van der Waals surface area contributed by atoms with Crippen molar-refractivity contribution in [2.75, 3.05) is 37.7 Å². The highest BCUT2D eigenvalue weighted by Gasteiger charge is 2.34. The van der Waals surface area contributed by atoms with Gasteiger partial charge in [-0.2, -0.15) is 11.8 Å². The number of carbonyl (C=O) groups excluding carboxylic acids is 1. The average molecular weight is 269 g/mol. The fourth-order valence-corrected chi connectivity index (χ4v) is 3.84. The Labute approximate surface area is 113 Å². The number of nitrogens with one attached hydrogen (secondary N) is 2. The number of hydrogen-bond donors (Lipinski definition) is 2. The van der Waals surface area contributed by atoms with Gasteiger partial charge in [0, 0.05) is 37.2 Å². The van der Waals surface area contributed by atoms with Crippen molar-refractivity contribution >= 4 is 17.7 Å². The third-order valence-electron chi connectivity index (χ3n) is 4.18. The maximum absolute atomic E-state index is 12.0. The van der Waals surface area contributed by atoms with Crippen LogP contribution in [-0.2, 0) is 4.79 Å². The summed E-state index contributed by atoms with van der Waals surface area (Å²) in [6.07, 6.45) is 4.04. The molecule has 5 heteroatoms. The summed E-state index contributed by atoms with van der Waals surface area (Å²) in [7, 11) is 0. The molecular formula is C13H23N3OS. The van der Waals surface area contributed by atoms with Gasteiger partial charge in [0.15, 0.2) is 0 Å². The Morgan fingerprint density at radius 1 is 1.39 bits per heavy atom. The molecule has 1 saturated carbocycles. The zero-order valence-electron chi connectivity index (χ0n) is 10.9. The van der Waals surface area contributed by atoms with Crippen LogP contribution in [0.15, 0.2) is 0 Å². The maximum Gasteiger partial charge on any atom is 0.238 e. The molecule has 2 atom stereocenters. The number of amides is 1. The molecule has 1 amide bonds. The predicted molar refractivity (Wildman–Crippen MR) is 74.8 cm³/mol. The molecule has 3 aliphatic rings. The van der Waals surface area contributed by atoms with Crippen molar-refractivity contribution in [3.63, 3.8) is 0 Å². The molecule has 102 valence electrons. The van der Waals surface area contributed by atoms with E-state index in [1.807, 2.05) is 11.8 Å². The summed E-state index contributed by atoms with van der Waals surface area (Å²) in [4.78, 5) is 14.6. The van der Waals surface area contributed by atoms with Crippen LogP contribution in [0.3, 0.4) is 0 Å². The smallest absolute Gasteiger partial charge is 0.238 e. The molecule has 0 aromatic rings. The third-order valence-corrected chi connectivity index (χ3v) is 5.25. The first-order valence-electron chi connectivity index (χ1n) is 7.16. The third kappa shape index (κ3) is 3.19. The molecule has 2 aliphatic heterocycles. The Morgan fingerprint density at radius 3 is 3.00 bits per heavy atom. The Bertz CT molecular complexity index is 303. The molecule has 1 aliphatic carbocycles. The molecule has 3 fully saturated rings. The van der Waals surface area contributed by atoms with E-state index in [0.29, 0.717) is 5.92 Å². The second kappa shape index (κ2) is 5.80. The van der Waals surface area contributed by atoms with Crippen molar-refractivity contribution in [2.24, 2.45) is 5.92 Å². The van der Waals surface area contributed by atoms with Crippen molar-refractivity contribution in [3.05, 3.63) is 0 Å². The second-order valence-corrected chi connectivity index (χ2v) is 6.86. The van der Waals surface area contributed by atoms with Gasteiger partial charge < -0.3 is 15.5 Å². The van der Waals surface area contributed by atoms with E-state index in [1.54, 1.807) is 0 Å². The Morgan fingerprint density at radius 2 is 2.28 bits per heavy atom. The summed E-state index contributed by atoms with van der Waals surface area (Å²) in [5.74, 6) is 2.92. The Kier molecular flexibility index (Phi) is 4.11. The molecule has 0 aromatic heterocycles. The lowest BCUT2D eigenvalue weighted by Crippen LogP contribution is -2.49. The zero-order chi connectivity index (χ0) is 12.4. The van der Waals surface area contributed by atoms with Gasteiger partial charge >= 0.3 is 0 Å². The highest BCUT2D eigenvalue weighted by molar-refractivity contribution is 7.99. The minimum Gasteiger partial charge on any atom is -0.354 e. The fraction of sp³-hybridized carbons (Fsp3) is 0.923. The van der Waals surface area contributed by atoms with Crippen molar-refractivity contribution in [3.8, 4) is 0 Å². The molecule has 2 N–H and O–H groups in total. The van der Waals surface area contributed by atoms with E-state index in [1.165, 1.54) is 32.4 Å². The standard InChI is InChI=1S/C13H23N3OS/c17-13(12-9-18-6-4-14-12)15-7-10-3-5-16(8-10)11-1-2-11/h10-12,14H,1-9H2,(H,15,17). The number of carbonyl (C=O) groups is 1. The lowest BCUT2D eigenvalue weighted by Gasteiger charge is -2.23. The molecule has 0 spiro atoms. The van der Waals surface area contributed by atoms with Crippen LogP contribution >= 0.6 is 11.8 Å². The first-order valence-corrected chi connectivity index (χ1v) is 8.31. The van der Waals surface area contributed by atoms with E-state index < -0.39 is 0 Å². The van der Waals surface area contributed by atoms with Gasteiger partial charge in [0.05, 0.1) is 6.04 Å². The average Bonchev–Trinajstić information content (AvgIpc) is 3.16. The van der Waals surface area contributed by atoms with Crippen molar-refractivity contribution in [2.45, 2.75) is 31.3 Å². The summed E-state index contributed by atoms with van der Waals surface area (Å²) in [5.41, 5.74) is 0. The summed E-state index contributed by atoms with van der Waals surface area (Å²) >= 11 is 1.87. The number of hydrogen-bond acceptors (Lipinski definition) is 4. The van der Waals surface area contributed by atoms with Gasteiger partial charge in [-0.3, -0.25) is 4.79 Å². The molecule has 2 saturated heterocycles. The van der Waals surface area contributed by atoms with Gasteiger partial charge in [0.1, 0.15) is 0 Å². The van der Waals surface area contributed by atoms with Gasteiger partial charge in [-0.25, -0.2) is 0 Å². The first kappa shape index (κ1) is 12.8. The minimum atomic E-state index is 0.0321. The molecule has 2 unspecified atom stereocenters.